The van der Waals surface area contributed by atoms with Gasteiger partial charge in [-0.1, -0.05) is 22.8 Å². The van der Waals surface area contributed by atoms with Crippen LogP contribution in [0.4, 0.5) is 11.5 Å². The molecule has 0 atom stereocenters. The predicted molar refractivity (Wildman–Crippen MR) is 76.5 cm³/mol. The Kier molecular flexibility index (Phi) is 4.34. The van der Waals surface area contributed by atoms with Crippen LogP contribution in [0.2, 0.25) is 5.02 Å². The van der Waals surface area contributed by atoms with E-state index in [4.69, 9.17) is 21.9 Å². The van der Waals surface area contributed by atoms with E-state index in [0.29, 0.717) is 27.2 Å². The van der Waals surface area contributed by atoms with Crippen LogP contribution >= 0.6 is 23.4 Å². The lowest BCUT2D eigenvalue weighted by atomic mass is 10.3. The Morgan fingerprint density at radius 3 is 3.00 bits per heavy atom. The molecular weight excluding hydrogens is 286 g/mol. The fourth-order valence-corrected chi connectivity index (χ4v) is 2.55. The number of carbonyl (C=O) groups excluding carboxylic acids is 1. The highest BCUT2D eigenvalue weighted by atomic mass is 35.5. The Bertz CT molecular complexity index is 580. The number of nitrogen functional groups attached to an aromatic ring is 1. The summed E-state index contributed by atoms with van der Waals surface area (Å²) in [6.07, 6.45) is 0. The van der Waals surface area contributed by atoms with Gasteiger partial charge in [-0.05, 0) is 19.1 Å². The third-order valence-corrected chi connectivity index (χ3v) is 3.82. The van der Waals surface area contributed by atoms with Crippen LogP contribution in [0.25, 0.3) is 0 Å². The van der Waals surface area contributed by atoms with E-state index in [1.807, 2.05) is 0 Å². The number of nitrogens with one attached hydrogen (secondary N) is 1. The molecule has 1 heterocycles. The molecule has 5 nitrogen and oxygen atoms in total. The molecule has 19 heavy (non-hydrogen) atoms. The summed E-state index contributed by atoms with van der Waals surface area (Å²) in [6.45, 7) is 1.75. The molecule has 100 valence electrons. The Balaban J connectivity index is 1.93. The second-order valence-electron chi connectivity index (χ2n) is 3.82. The number of hydrogen-bond acceptors (Lipinski definition) is 5. The molecule has 3 N–H and O–H groups in total. The van der Waals surface area contributed by atoms with Crippen molar-refractivity contribution < 1.29 is 9.32 Å². The molecular formula is C12H12ClN3O2S. The van der Waals surface area contributed by atoms with Crippen LogP contribution in [0.15, 0.2) is 33.7 Å². The van der Waals surface area contributed by atoms with Crippen LogP contribution in [0.1, 0.15) is 5.76 Å². The number of hydrogen-bond donors (Lipinski definition) is 2. The smallest absolute Gasteiger partial charge is 0.235 e. The van der Waals surface area contributed by atoms with Crippen molar-refractivity contribution >= 4 is 40.8 Å². The maximum atomic E-state index is 11.7. The van der Waals surface area contributed by atoms with Gasteiger partial charge >= 0.3 is 0 Å². The van der Waals surface area contributed by atoms with Gasteiger partial charge in [0.2, 0.25) is 5.91 Å². The summed E-state index contributed by atoms with van der Waals surface area (Å²) in [5.41, 5.74) is 6.36. The maximum Gasteiger partial charge on any atom is 0.235 e. The average molecular weight is 298 g/mol. The summed E-state index contributed by atoms with van der Waals surface area (Å²) in [5.74, 6) is 1.03. The first kappa shape index (κ1) is 13.8. The molecule has 0 unspecified atom stereocenters. The number of benzene rings is 1. The maximum absolute atomic E-state index is 11.7. The van der Waals surface area contributed by atoms with Gasteiger partial charge in [0.25, 0.3) is 0 Å². The Morgan fingerprint density at radius 2 is 2.37 bits per heavy atom. The van der Waals surface area contributed by atoms with Gasteiger partial charge < -0.3 is 15.6 Å². The van der Waals surface area contributed by atoms with Crippen LogP contribution in [0.5, 0.6) is 0 Å². The number of nitrogens with two attached hydrogens (primary N) is 1. The van der Waals surface area contributed by atoms with Crippen molar-refractivity contribution in [3.05, 3.63) is 35.0 Å². The minimum Gasteiger partial charge on any atom is -0.398 e. The number of nitrogens with zero attached hydrogens (tertiary/aromatic N) is 1. The predicted octanol–water partition coefficient (Wildman–Crippen LogP) is 2.95. The van der Waals surface area contributed by atoms with Gasteiger partial charge in [0, 0.05) is 16.6 Å². The van der Waals surface area contributed by atoms with E-state index in [-0.39, 0.29) is 11.7 Å². The lowest BCUT2D eigenvalue weighted by molar-refractivity contribution is -0.113. The van der Waals surface area contributed by atoms with E-state index in [2.05, 4.69) is 10.5 Å². The average Bonchev–Trinajstić information content (AvgIpc) is 2.74. The number of amides is 1. The van der Waals surface area contributed by atoms with Crippen molar-refractivity contribution in [2.45, 2.75) is 11.8 Å². The number of anilines is 2. The molecule has 7 heteroatoms. The molecule has 0 aliphatic carbocycles. The standard InChI is InChI=1S/C12H12ClN3O2S/c1-7-5-10(16-18-7)15-11(17)6-19-12-8(13)3-2-4-9(12)14/h2-5H,6,14H2,1H3,(H,15,16,17). The second-order valence-corrected chi connectivity index (χ2v) is 5.21. The van der Waals surface area contributed by atoms with Crippen LogP contribution in [-0.2, 0) is 4.79 Å². The molecule has 2 aromatic rings. The largest absolute Gasteiger partial charge is 0.398 e. The zero-order chi connectivity index (χ0) is 13.8. The fourth-order valence-electron chi connectivity index (χ4n) is 1.42. The van der Waals surface area contributed by atoms with E-state index in [1.54, 1.807) is 31.2 Å². The summed E-state index contributed by atoms with van der Waals surface area (Å²) in [7, 11) is 0. The molecule has 0 aliphatic heterocycles. The van der Waals surface area contributed by atoms with Crippen molar-refractivity contribution in [2.75, 3.05) is 16.8 Å². The van der Waals surface area contributed by atoms with Crippen LogP contribution < -0.4 is 11.1 Å². The van der Waals surface area contributed by atoms with E-state index in [1.165, 1.54) is 11.8 Å². The van der Waals surface area contributed by atoms with Gasteiger partial charge in [-0.3, -0.25) is 4.79 Å². The first-order chi connectivity index (χ1) is 9.06. The fraction of sp³-hybridized carbons (Fsp3) is 0.167. The Hall–Kier alpha value is -1.66. The molecule has 0 fully saturated rings. The topological polar surface area (TPSA) is 81.2 Å². The highest BCUT2D eigenvalue weighted by Gasteiger charge is 2.10. The summed E-state index contributed by atoms with van der Waals surface area (Å²) in [4.78, 5) is 12.4. The highest BCUT2D eigenvalue weighted by Crippen LogP contribution is 2.32. The molecule has 2 rings (SSSR count). The number of carbonyl (C=O) groups is 1. The summed E-state index contributed by atoms with van der Waals surface area (Å²) in [6, 6.07) is 6.89. The van der Waals surface area contributed by atoms with Crippen molar-refractivity contribution in [2.24, 2.45) is 0 Å². The molecule has 0 bridgehead atoms. The first-order valence-electron chi connectivity index (χ1n) is 5.46. The molecule has 0 spiro atoms. The Morgan fingerprint density at radius 1 is 1.58 bits per heavy atom. The summed E-state index contributed by atoms with van der Waals surface area (Å²) in [5, 5.41) is 6.84. The number of thioether (sulfide) groups is 1. The monoisotopic (exact) mass is 297 g/mol. The van der Waals surface area contributed by atoms with Gasteiger partial charge in [0.15, 0.2) is 5.82 Å². The molecule has 0 aliphatic rings. The van der Waals surface area contributed by atoms with Crippen LogP contribution in [0.3, 0.4) is 0 Å². The number of rotatable bonds is 4. The minimum atomic E-state index is -0.197. The van der Waals surface area contributed by atoms with Gasteiger partial charge in [-0.25, -0.2) is 0 Å². The number of halogens is 1. The van der Waals surface area contributed by atoms with Crippen molar-refractivity contribution in [3.8, 4) is 0 Å². The third kappa shape index (κ3) is 3.65. The molecule has 0 saturated carbocycles. The van der Waals surface area contributed by atoms with Gasteiger partial charge in [0.1, 0.15) is 5.76 Å². The molecule has 0 saturated heterocycles. The van der Waals surface area contributed by atoms with E-state index >= 15 is 0 Å². The Labute approximate surface area is 119 Å². The van der Waals surface area contributed by atoms with Crippen LogP contribution in [-0.4, -0.2) is 16.8 Å². The molecule has 0 radical (unpaired) electrons. The van der Waals surface area contributed by atoms with Gasteiger partial charge in [-0.2, -0.15) is 0 Å². The quantitative estimate of drug-likeness (QED) is 0.670. The van der Waals surface area contributed by atoms with Crippen molar-refractivity contribution in [1.29, 1.82) is 0 Å². The molecule has 1 aromatic carbocycles. The van der Waals surface area contributed by atoms with E-state index in [0.717, 1.165) is 0 Å². The summed E-state index contributed by atoms with van der Waals surface area (Å²) < 4.78 is 4.85. The SMILES string of the molecule is Cc1cc(NC(=O)CSc2c(N)cccc2Cl)no1. The minimum absolute atomic E-state index is 0.194. The van der Waals surface area contributed by atoms with E-state index < -0.39 is 0 Å². The van der Waals surface area contributed by atoms with Crippen molar-refractivity contribution in [1.82, 2.24) is 5.16 Å². The lowest BCUT2D eigenvalue weighted by Crippen LogP contribution is -2.14. The summed E-state index contributed by atoms with van der Waals surface area (Å²) >= 11 is 7.30. The van der Waals surface area contributed by atoms with Crippen LogP contribution in [0, 0.1) is 6.92 Å². The normalized spacial score (nSPS) is 10.4. The zero-order valence-corrected chi connectivity index (χ0v) is 11.7. The first-order valence-corrected chi connectivity index (χ1v) is 6.82. The number of aryl methyl sites for hydroxylation is 1. The number of aromatic nitrogens is 1. The molecule has 1 aromatic heterocycles. The third-order valence-electron chi connectivity index (χ3n) is 2.24. The van der Waals surface area contributed by atoms with Gasteiger partial charge in [0.05, 0.1) is 10.8 Å². The highest BCUT2D eigenvalue weighted by molar-refractivity contribution is 8.00. The second kappa shape index (κ2) is 5.99. The zero-order valence-electron chi connectivity index (χ0n) is 10.1. The van der Waals surface area contributed by atoms with Crippen molar-refractivity contribution in [3.63, 3.8) is 0 Å². The van der Waals surface area contributed by atoms with E-state index in [9.17, 15) is 4.79 Å². The van der Waals surface area contributed by atoms with Gasteiger partial charge in [-0.15, -0.1) is 11.8 Å². The lowest BCUT2D eigenvalue weighted by Gasteiger charge is -2.06. The molecule has 1 amide bonds.